The van der Waals surface area contributed by atoms with Crippen LogP contribution in [-0.2, 0) is 0 Å². The van der Waals surface area contributed by atoms with Crippen molar-refractivity contribution in [1.29, 1.82) is 0 Å². The van der Waals surface area contributed by atoms with E-state index < -0.39 is 0 Å². The highest BCUT2D eigenvalue weighted by atomic mass is 19.1. The van der Waals surface area contributed by atoms with Crippen LogP contribution in [0.15, 0.2) is 42.7 Å². The van der Waals surface area contributed by atoms with E-state index in [9.17, 15) is 4.39 Å². The number of rotatable bonds is 1. The van der Waals surface area contributed by atoms with Crippen molar-refractivity contribution < 1.29 is 4.39 Å². The van der Waals surface area contributed by atoms with Crippen molar-refractivity contribution in [3.8, 4) is 11.1 Å². The molecule has 2 aromatic heterocycles. The SMILES string of the molecule is Cc1c(F)cccc1-c1ccc2nc(N)cn2c1. The van der Waals surface area contributed by atoms with Gasteiger partial charge in [-0.05, 0) is 41.8 Å². The van der Waals surface area contributed by atoms with Gasteiger partial charge in [-0.25, -0.2) is 9.37 Å². The van der Waals surface area contributed by atoms with E-state index in [0.717, 1.165) is 16.8 Å². The van der Waals surface area contributed by atoms with Gasteiger partial charge in [-0.3, -0.25) is 0 Å². The molecule has 0 spiro atoms. The third-order valence-electron chi connectivity index (χ3n) is 3.05. The molecule has 3 rings (SSSR count). The van der Waals surface area contributed by atoms with Gasteiger partial charge in [0, 0.05) is 6.20 Å². The quantitative estimate of drug-likeness (QED) is 0.711. The highest BCUT2D eigenvalue weighted by Crippen LogP contribution is 2.25. The summed E-state index contributed by atoms with van der Waals surface area (Å²) in [6, 6.07) is 8.87. The highest BCUT2D eigenvalue weighted by Gasteiger charge is 2.07. The van der Waals surface area contributed by atoms with Crippen LogP contribution in [0.2, 0.25) is 0 Å². The monoisotopic (exact) mass is 241 g/mol. The summed E-state index contributed by atoms with van der Waals surface area (Å²) in [5.41, 5.74) is 8.89. The van der Waals surface area contributed by atoms with Gasteiger partial charge in [0.05, 0.1) is 6.20 Å². The molecule has 3 nitrogen and oxygen atoms in total. The second kappa shape index (κ2) is 3.84. The number of halogens is 1. The molecular weight excluding hydrogens is 229 g/mol. The van der Waals surface area contributed by atoms with Crippen LogP contribution in [0.1, 0.15) is 5.56 Å². The molecule has 90 valence electrons. The summed E-state index contributed by atoms with van der Waals surface area (Å²) >= 11 is 0. The van der Waals surface area contributed by atoms with Crippen LogP contribution in [-0.4, -0.2) is 9.38 Å². The fourth-order valence-electron chi connectivity index (χ4n) is 2.09. The van der Waals surface area contributed by atoms with E-state index in [-0.39, 0.29) is 5.82 Å². The lowest BCUT2D eigenvalue weighted by Crippen LogP contribution is -1.90. The molecule has 3 aromatic rings. The van der Waals surface area contributed by atoms with Crippen molar-refractivity contribution in [2.45, 2.75) is 6.92 Å². The standard InChI is InChI=1S/C14H12FN3/c1-9-11(3-2-4-12(9)15)10-5-6-14-17-13(16)8-18(14)7-10/h2-8H,16H2,1H3. The van der Waals surface area contributed by atoms with E-state index in [4.69, 9.17) is 5.73 Å². The lowest BCUT2D eigenvalue weighted by molar-refractivity contribution is 0.619. The van der Waals surface area contributed by atoms with Gasteiger partial charge in [-0.2, -0.15) is 0 Å². The van der Waals surface area contributed by atoms with Crippen LogP contribution in [0.5, 0.6) is 0 Å². The van der Waals surface area contributed by atoms with Gasteiger partial charge < -0.3 is 10.1 Å². The first-order valence-electron chi connectivity index (χ1n) is 5.65. The minimum atomic E-state index is -0.197. The number of nitrogen functional groups attached to an aromatic ring is 1. The Kier molecular flexibility index (Phi) is 2.30. The molecule has 0 amide bonds. The van der Waals surface area contributed by atoms with Crippen molar-refractivity contribution in [3.05, 3.63) is 54.1 Å². The number of anilines is 1. The second-order valence-electron chi connectivity index (χ2n) is 4.26. The Morgan fingerprint density at radius 2 is 2.00 bits per heavy atom. The zero-order valence-corrected chi connectivity index (χ0v) is 9.89. The van der Waals surface area contributed by atoms with E-state index in [1.165, 1.54) is 6.07 Å². The summed E-state index contributed by atoms with van der Waals surface area (Å²) in [4.78, 5) is 4.15. The molecule has 0 unspecified atom stereocenters. The molecule has 0 radical (unpaired) electrons. The van der Waals surface area contributed by atoms with Gasteiger partial charge in [0.2, 0.25) is 0 Å². The molecule has 1 aromatic carbocycles. The number of nitrogens with zero attached hydrogens (tertiary/aromatic N) is 2. The molecule has 0 bridgehead atoms. The molecule has 4 heteroatoms. The van der Waals surface area contributed by atoms with Crippen LogP contribution < -0.4 is 5.73 Å². The molecule has 0 atom stereocenters. The van der Waals surface area contributed by atoms with Gasteiger partial charge in [0.1, 0.15) is 17.3 Å². The van der Waals surface area contributed by atoms with Crippen LogP contribution in [0.4, 0.5) is 10.2 Å². The zero-order valence-electron chi connectivity index (χ0n) is 9.89. The number of benzene rings is 1. The molecule has 18 heavy (non-hydrogen) atoms. The molecule has 0 saturated carbocycles. The third-order valence-corrected chi connectivity index (χ3v) is 3.05. The molecular formula is C14H12FN3. The molecule has 0 aliphatic heterocycles. The fourth-order valence-corrected chi connectivity index (χ4v) is 2.09. The van der Waals surface area contributed by atoms with Gasteiger partial charge in [0.25, 0.3) is 0 Å². The minimum Gasteiger partial charge on any atom is -0.382 e. The summed E-state index contributed by atoms with van der Waals surface area (Å²) < 4.78 is 15.4. The smallest absolute Gasteiger partial charge is 0.142 e. The number of aromatic nitrogens is 2. The molecule has 0 aliphatic rings. The Morgan fingerprint density at radius 3 is 2.83 bits per heavy atom. The summed E-state index contributed by atoms with van der Waals surface area (Å²) in [5, 5.41) is 0. The van der Waals surface area contributed by atoms with E-state index in [1.807, 2.05) is 28.8 Å². The number of hydrogen-bond donors (Lipinski definition) is 1. The fraction of sp³-hybridized carbons (Fsp3) is 0.0714. The topological polar surface area (TPSA) is 43.3 Å². The van der Waals surface area contributed by atoms with Crippen LogP contribution >= 0.6 is 0 Å². The van der Waals surface area contributed by atoms with E-state index >= 15 is 0 Å². The zero-order chi connectivity index (χ0) is 12.7. The van der Waals surface area contributed by atoms with E-state index in [2.05, 4.69) is 4.98 Å². The van der Waals surface area contributed by atoms with Gasteiger partial charge in [0.15, 0.2) is 0 Å². The first-order valence-corrected chi connectivity index (χ1v) is 5.65. The second-order valence-corrected chi connectivity index (χ2v) is 4.26. The molecule has 2 N–H and O–H groups in total. The maximum atomic E-state index is 13.5. The maximum Gasteiger partial charge on any atom is 0.142 e. The first-order chi connectivity index (χ1) is 8.65. The Balaban J connectivity index is 2.22. The number of imidazole rings is 1. The largest absolute Gasteiger partial charge is 0.382 e. The lowest BCUT2D eigenvalue weighted by Gasteiger charge is -2.07. The lowest BCUT2D eigenvalue weighted by atomic mass is 10.0. The number of pyridine rings is 1. The summed E-state index contributed by atoms with van der Waals surface area (Å²) in [7, 11) is 0. The van der Waals surface area contributed by atoms with E-state index in [1.54, 1.807) is 19.2 Å². The molecule has 0 saturated heterocycles. The van der Waals surface area contributed by atoms with Gasteiger partial charge in [-0.1, -0.05) is 12.1 Å². The summed E-state index contributed by atoms with van der Waals surface area (Å²) in [6.45, 7) is 1.77. The summed E-state index contributed by atoms with van der Waals surface area (Å²) in [5.74, 6) is 0.279. The van der Waals surface area contributed by atoms with Crippen LogP contribution in [0, 0.1) is 12.7 Å². The van der Waals surface area contributed by atoms with Crippen LogP contribution in [0.25, 0.3) is 16.8 Å². The average Bonchev–Trinajstić information content (AvgIpc) is 2.71. The summed E-state index contributed by atoms with van der Waals surface area (Å²) in [6.07, 6.45) is 3.65. The minimum absolute atomic E-state index is 0.197. The van der Waals surface area contributed by atoms with Crippen molar-refractivity contribution in [2.75, 3.05) is 5.73 Å². The predicted molar refractivity (Wildman–Crippen MR) is 69.7 cm³/mol. The van der Waals surface area contributed by atoms with Gasteiger partial charge in [-0.15, -0.1) is 0 Å². The number of hydrogen-bond acceptors (Lipinski definition) is 2. The number of fused-ring (bicyclic) bond motifs is 1. The predicted octanol–water partition coefficient (Wildman–Crippen LogP) is 3.03. The van der Waals surface area contributed by atoms with E-state index in [0.29, 0.717) is 11.4 Å². The average molecular weight is 241 g/mol. The molecule has 0 aliphatic carbocycles. The third kappa shape index (κ3) is 1.62. The Bertz CT molecular complexity index is 731. The Hall–Kier alpha value is -2.36. The molecule has 0 fully saturated rings. The van der Waals surface area contributed by atoms with Crippen molar-refractivity contribution in [3.63, 3.8) is 0 Å². The van der Waals surface area contributed by atoms with Crippen molar-refractivity contribution in [2.24, 2.45) is 0 Å². The molecule has 2 heterocycles. The maximum absolute atomic E-state index is 13.5. The van der Waals surface area contributed by atoms with Crippen molar-refractivity contribution >= 4 is 11.5 Å². The Labute approximate surface area is 104 Å². The van der Waals surface area contributed by atoms with Crippen molar-refractivity contribution in [1.82, 2.24) is 9.38 Å². The highest BCUT2D eigenvalue weighted by molar-refractivity contribution is 5.68. The van der Waals surface area contributed by atoms with Gasteiger partial charge >= 0.3 is 0 Å². The normalized spacial score (nSPS) is 11.0. The first kappa shape index (κ1) is 10.8. The van der Waals surface area contributed by atoms with Crippen LogP contribution in [0.3, 0.4) is 0 Å². The Morgan fingerprint density at radius 1 is 1.17 bits per heavy atom. The number of nitrogens with two attached hydrogens (primary N) is 1.